The van der Waals surface area contributed by atoms with Gasteiger partial charge in [0.15, 0.2) is 0 Å². The fourth-order valence-electron chi connectivity index (χ4n) is 2.44. The van der Waals surface area contributed by atoms with Crippen molar-refractivity contribution in [1.82, 2.24) is 9.88 Å². The van der Waals surface area contributed by atoms with Gasteiger partial charge in [0.2, 0.25) is 0 Å². The van der Waals surface area contributed by atoms with Crippen LogP contribution in [0, 0.1) is 0 Å². The van der Waals surface area contributed by atoms with E-state index in [0.717, 1.165) is 23.9 Å². The third-order valence-electron chi connectivity index (χ3n) is 3.53. The van der Waals surface area contributed by atoms with Crippen molar-refractivity contribution >= 4 is 26.8 Å². The van der Waals surface area contributed by atoms with Gasteiger partial charge in [-0.15, -0.1) is 6.58 Å². The molecule has 1 aromatic heterocycles. The Hall–Kier alpha value is -1.39. The van der Waals surface area contributed by atoms with Crippen molar-refractivity contribution in [3.8, 4) is 5.75 Å². The third kappa shape index (κ3) is 2.26. The molecule has 1 fully saturated rings. The molecule has 1 aliphatic heterocycles. The van der Waals surface area contributed by atoms with Gasteiger partial charge in [-0.1, -0.05) is 34.1 Å². The summed E-state index contributed by atoms with van der Waals surface area (Å²) in [5, 5.41) is 10.9. The summed E-state index contributed by atoms with van der Waals surface area (Å²) in [6.45, 7) is 4.86. The molecule has 2 heterocycles. The van der Waals surface area contributed by atoms with Gasteiger partial charge >= 0.3 is 0 Å². The summed E-state index contributed by atoms with van der Waals surface area (Å²) < 4.78 is 0. The van der Waals surface area contributed by atoms with Gasteiger partial charge in [-0.25, -0.2) is 0 Å². The van der Waals surface area contributed by atoms with Gasteiger partial charge in [0.25, 0.3) is 0 Å². The highest BCUT2D eigenvalue weighted by Crippen LogP contribution is 2.41. The van der Waals surface area contributed by atoms with E-state index >= 15 is 0 Å². The Morgan fingerprint density at radius 3 is 3.16 bits per heavy atom. The lowest BCUT2D eigenvalue weighted by molar-refractivity contribution is 0.478. The van der Waals surface area contributed by atoms with E-state index in [1.54, 1.807) is 12.3 Å². The molecule has 19 heavy (non-hydrogen) atoms. The second kappa shape index (κ2) is 4.94. The molecule has 0 aliphatic carbocycles. The first kappa shape index (κ1) is 12.6. The van der Waals surface area contributed by atoms with E-state index in [2.05, 4.69) is 32.4 Å². The molecule has 1 aromatic carbocycles. The van der Waals surface area contributed by atoms with Crippen LogP contribution in [0.1, 0.15) is 16.9 Å². The van der Waals surface area contributed by atoms with Crippen molar-refractivity contribution in [1.29, 1.82) is 0 Å². The maximum Gasteiger partial charge on any atom is 0.141 e. The molecule has 3 atom stereocenters. The highest BCUT2D eigenvalue weighted by Gasteiger charge is 2.38. The minimum atomic E-state index is 0.157. The summed E-state index contributed by atoms with van der Waals surface area (Å²) in [4.78, 5) is 6.77. The maximum atomic E-state index is 9.86. The van der Waals surface area contributed by atoms with E-state index in [9.17, 15) is 5.11 Å². The molecule has 1 aliphatic rings. The zero-order valence-corrected chi connectivity index (χ0v) is 12.0. The predicted octanol–water partition coefficient (Wildman–Crippen LogP) is 3.59. The number of phenols is 1. The molecule has 1 saturated heterocycles. The van der Waals surface area contributed by atoms with Gasteiger partial charge in [0.05, 0.1) is 4.95 Å². The number of hydrogen-bond donors (Lipinski definition) is 1. The largest absolute Gasteiger partial charge is 0.506 e. The van der Waals surface area contributed by atoms with E-state index in [0.29, 0.717) is 11.6 Å². The maximum absolute atomic E-state index is 9.86. The first-order chi connectivity index (χ1) is 9.22. The second-order valence-electron chi connectivity index (χ2n) is 4.78. The van der Waals surface area contributed by atoms with Crippen LogP contribution in [-0.2, 0) is 0 Å². The lowest BCUT2D eigenvalue weighted by atomic mass is 10.1. The van der Waals surface area contributed by atoms with Gasteiger partial charge in [-0.2, -0.15) is 0 Å². The van der Waals surface area contributed by atoms with Gasteiger partial charge < -0.3 is 5.11 Å². The molecule has 3 unspecified atom stereocenters. The van der Waals surface area contributed by atoms with E-state index < -0.39 is 0 Å². The zero-order valence-electron chi connectivity index (χ0n) is 10.5. The quantitative estimate of drug-likeness (QED) is 0.405. The second-order valence-corrected chi connectivity index (χ2v) is 5.65. The Kier molecular flexibility index (Phi) is 3.29. The normalized spacial score (nSPS) is 23.2. The average molecular weight is 319 g/mol. The van der Waals surface area contributed by atoms with Gasteiger partial charge in [-0.05, 0) is 24.1 Å². The number of rotatable bonds is 4. The molecule has 0 radical (unpaired) electrons. The van der Waals surface area contributed by atoms with Crippen LogP contribution in [0.2, 0.25) is 0 Å². The lowest BCUT2D eigenvalue weighted by Gasteiger charge is -2.15. The SMILES string of the molecule is C=CCC1CN1C(Br)c1ccc(O)c2ncccc12. The van der Waals surface area contributed by atoms with Crippen molar-refractivity contribution in [2.75, 3.05) is 6.54 Å². The van der Waals surface area contributed by atoms with Crippen molar-refractivity contribution in [2.24, 2.45) is 0 Å². The molecule has 98 valence electrons. The molecular formula is C15H15BrN2O. The molecule has 0 amide bonds. The van der Waals surface area contributed by atoms with Crippen LogP contribution in [0.15, 0.2) is 43.1 Å². The van der Waals surface area contributed by atoms with E-state index in [4.69, 9.17) is 0 Å². The smallest absolute Gasteiger partial charge is 0.141 e. The lowest BCUT2D eigenvalue weighted by Crippen LogP contribution is -2.06. The summed E-state index contributed by atoms with van der Waals surface area (Å²) in [5.41, 5.74) is 1.80. The van der Waals surface area contributed by atoms with Crippen molar-refractivity contribution in [2.45, 2.75) is 17.4 Å². The van der Waals surface area contributed by atoms with Crippen LogP contribution in [0.3, 0.4) is 0 Å². The number of pyridine rings is 1. The van der Waals surface area contributed by atoms with E-state index in [-0.39, 0.29) is 10.7 Å². The van der Waals surface area contributed by atoms with Crippen molar-refractivity contribution < 1.29 is 5.11 Å². The summed E-state index contributed by atoms with van der Waals surface area (Å²) in [7, 11) is 0. The first-order valence-electron chi connectivity index (χ1n) is 6.29. The molecule has 0 spiro atoms. The molecule has 4 heteroatoms. The van der Waals surface area contributed by atoms with Crippen LogP contribution in [0.25, 0.3) is 10.9 Å². The van der Waals surface area contributed by atoms with Crippen molar-refractivity contribution in [3.63, 3.8) is 0 Å². The van der Waals surface area contributed by atoms with Crippen molar-refractivity contribution in [3.05, 3.63) is 48.7 Å². The molecule has 2 aromatic rings. The number of benzene rings is 1. The number of fused-ring (bicyclic) bond motifs is 1. The minimum Gasteiger partial charge on any atom is -0.506 e. The molecule has 1 N–H and O–H groups in total. The summed E-state index contributed by atoms with van der Waals surface area (Å²) in [6.07, 6.45) is 4.67. The Morgan fingerprint density at radius 2 is 2.37 bits per heavy atom. The van der Waals surface area contributed by atoms with Crippen LogP contribution in [0.5, 0.6) is 5.75 Å². The number of nitrogens with zero attached hydrogens (tertiary/aromatic N) is 2. The number of aromatic hydroxyl groups is 1. The average Bonchev–Trinajstić information content (AvgIpc) is 3.19. The van der Waals surface area contributed by atoms with Gasteiger partial charge in [-0.3, -0.25) is 9.88 Å². The Morgan fingerprint density at radius 1 is 1.53 bits per heavy atom. The monoisotopic (exact) mass is 318 g/mol. The number of alkyl halides is 1. The Bertz CT molecular complexity index is 629. The van der Waals surface area contributed by atoms with Crippen LogP contribution < -0.4 is 0 Å². The molecule has 3 rings (SSSR count). The highest BCUT2D eigenvalue weighted by molar-refractivity contribution is 9.09. The highest BCUT2D eigenvalue weighted by atomic mass is 79.9. The fraction of sp³-hybridized carbons (Fsp3) is 0.267. The summed E-state index contributed by atoms with van der Waals surface area (Å²) in [6, 6.07) is 8.14. The minimum absolute atomic E-state index is 0.157. The summed E-state index contributed by atoms with van der Waals surface area (Å²) >= 11 is 3.75. The van der Waals surface area contributed by atoms with Crippen LogP contribution >= 0.6 is 15.9 Å². The topological polar surface area (TPSA) is 36.1 Å². The number of aromatic nitrogens is 1. The van der Waals surface area contributed by atoms with E-state index in [1.165, 1.54) is 0 Å². The predicted molar refractivity (Wildman–Crippen MR) is 80.4 cm³/mol. The molecular weight excluding hydrogens is 304 g/mol. The number of phenolic OH excluding ortho intramolecular Hbond substituents is 1. The van der Waals surface area contributed by atoms with Crippen LogP contribution in [-0.4, -0.2) is 27.6 Å². The van der Waals surface area contributed by atoms with Gasteiger partial charge in [0, 0.05) is 24.2 Å². The molecule has 3 nitrogen and oxygen atoms in total. The zero-order chi connectivity index (χ0) is 13.4. The Labute approximate surface area is 120 Å². The number of halogens is 1. The fourth-order valence-corrected chi connectivity index (χ4v) is 3.34. The summed E-state index contributed by atoms with van der Waals surface area (Å²) in [5.74, 6) is 0.229. The van der Waals surface area contributed by atoms with Gasteiger partial charge in [0.1, 0.15) is 11.3 Å². The number of hydrogen-bond acceptors (Lipinski definition) is 3. The first-order valence-corrected chi connectivity index (χ1v) is 7.21. The van der Waals surface area contributed by atoms with Crippen LogP contribution in [0.4, 0.5) is 0 Å². The van der Waals surface area contributed by atoms with E-state index in [1.807, 2.05) is 24.3 Å². The third-order valence-corrected chi connectivity index (χ3v) is 4.54. The molecule has 0 saturated carbocycles. The standard InChI is InChI=1S/C15H15BrN2O/c1-2-4-10-9-18(10)15(16)12-6-7-13(19)14-11(12)5-3-8-17-14/h2-3,5-8,10,15,19H,1,4,9H2. The Balaban J connectivity index is 1.97. The molecule has 0 bridgehead atoms.